The molecule has 0 radical (unpaired) electrons. The van der Waals surface area contributed by atoms with E-state index in [1.54, 1.807) is 25.3 Å². The number of ether oxygens (including phenoxy) is 1. The lowest BCUT2D eigenvalue weighted by Crippen LogP contribution is -2.11. The summed E-state index contributed by atoms with van der Waals surface area (Å²) in [5, 5.41) is 4.42. The Hall–Kier alpha value is -2.74. The normalized spacial score (nSPS) is 15.5. The number of rotatable bonds is 5. The number of halogens is 2. The highest BCUT2D eigenvalue weighted by Crippen LogP contribution is 2.37. The van der Waals surface area contributed by atoms with E-state index in [0.29, 0.717) is 46.1 Å². The second kappa shape index (κ2) is 7.71. The maximum atomic E-state index is 13.9. The van der Waals surface area contributed by atoms with Crippen molar-refractivity contribution < 1.29 is 22.8 Å². The van der Waals surface area contributed by atoms with E-state index in [0.717, 1.165) is 11.8 Å². The monoisotopic (exact) mass is 402 g/mol. The first kappa shape index (κ1) is 18.6. The molecule has 0 N–H and O–H groups in total. The fraction of sp³-hybridized carbons (Fsp3) is 0.250. The average Bonchev–Trinajstić information content (AvgIpc) is 3.26. The van der Waals surface area contributed by atoms with E-state index in [1.807, 2.05) is 6.07 Å². The molecule has 2 heterocycles. The molecule has 4 rings (SSSR count). The van der Waals surface area contributed by atoms with Gasteiger partial charge in [0.15, 0.2) is 0 Å². The molecule has 0 unspecified atom stereocenters. The van der Waals surface area contributed by atoms with Crippen LogP contribution in [0.15, 0.2) is 46.1 Å². The van der Waals surface area contributed by atoms with Gasteiger partial charge in [0.2, 0.25) is 0 Å². The molecular weight excluding hydrogens is 386 g/mol. The molecule has 0 aliphatic heterocycles. The number of hydrogen-bond donors (Lipinski definition) is 0. The van der Waals surface area contributed by atoms with Gasteiger partial charge >= 0.3 is 5.97 Å². The first-order chi connectivity index (χ1) is 13.5. The van der Waals surface area contributed by atoms with E-state index in [1.165, 1.54) is 17.8 Å². The molecule has 0 saturated carbocycles. The van der Waals surface area contributed by atoms with Crippen LogP contribution in [-0.4, -0.2) is 16.1 Å². The van der Waals surface area contributed by atoms with E-state index in [4.69, 9.17) is 9.26 Å². The van der Waals surface area contributed by atoms with E-state index in [9.17, 15) is 13.6 Å². The van der Waals surface area contributed by atoms with Gasteiger partial charge in [-0.05, 0) is 43.5 Å². The summed E-state index contributed by atoms with van der Waals surface area (Å²) < 4.78 is 38.1. The summed E-state index contributed by atoms with van der Waals surface area (Å²) in [5.41, 5.74) is 1.84. The van der Waals surface area contributed by atoms with Gasteiger partial charge in [-0.2, -0.15) is 0 Å². The minimum atomic E-state index is -0.681. The van der Waals surface area contributed by atoms with Gasteiger partial charge in [-0.1, -0.05) is 16.9 Å². The number of pyridine rings is 1. The molecular formula is C20H16F2N2O3S. The molecule has 0 saturated heterocycles. The zero-order chi connectivity index (χ0) is 19.7. The molecule has 1 aromatic carbocycles. The molecule has 0 fully saturated rings. The van der Waals surface area contributed by atoms with Crippen LogP contribution < -0.4 is 0 Å². The van der Waals surface area contributed by atoms with Crippen LogP contribution in [0.3, 0.4) is 0 Å². The van der Waals surface area contributed by atoms with Crippen molar-refractivity contribution in [2.75, 3.05) is 0 Å². The van der Waals surface area contributed by atoms with E-state index < -0.39 is 23.7 Å². The van der Waals surface area contributed by atoms with Crippen molar-refractivity contribution in [3.63, 3.8) is 0 Å². The Kier molecular flexibility index (Phi) is 5.13. The number of hydrogen-bond acceptors (Lipinski definition) is 6. The molecule has 144 valence electrons. The predicted octanol–water partition coefficient (Wildman–Crippen LogP) is 4.79. The van der Waals surface area contributed by atoms with Gasteiger partial charge in [-0.15, -0.1) is 0 Å². The molecule has 1 aliphatic carbocycles. The average molecular weight is 402 g/mol. The van der Waals surface area contributed by atoms with Gasteiger partial charge < -0.3 is 9.26 Å². The summed E-state index contributed by atoms with van der Waals surface area (Å²) in [6, 6.07) is 7.16. The van der Waals surface area contributed by atoms with Crippen LogP contribution in [0.2, 0.25) is 0 Å². The standard InChI is InChI=1S/C20H16F2N2O3S/c1-11-7-13(24-27-11)10-28-19-15(3-2-6-23-19)20(25)26-18-5-4-14-16(18)8-12(21)9-17(14)22/h2-3,6-9,18H,4-5,10H2,1H3/t18-/m1/s1. The van der Waals surface area contributed by atoms with E-state index in [2.05, 4.69) is 10.1 Å². The quantitative estimate of drug-likeness (QED) is 0.452. The summed E-state index contributed by atoms with van der Waals surface area (Å²) in [5.74, 6) is -0.670. The molecule has 3 aromatic rings. The molecule has 2 aromatic heterocycles. The predicted molar refractivity (Wildman–Crippen MR) is 97.9 cm³/mol. The van der Waals surface area contributed by atoms with Gasteiger partial charge in [0.1, 0.15) is 28.5 Å². The Balaban J connectivity index is 1.51. The van der Waals surface area contributed by atoms with E-state index >= 15 is 0 Å². The van der Waals surface area contributed by atoms with Crippen molar-refractivity contribution in [2.45, 2.75) is 36.6 Å². The summed E-state index contributed by atoms with van der Waals surface area (Å²) in [6.45, 7) is 1.80. The highest BCUT2D eigenvalue weighted by Gasteiger charge is 2.30. The maximum absolute atomic E-state index is 13.9. The molecule has 5 nitrogen and oxygen atoms in total. The molecule has 0 amide bonds. The van der Waals surface area contributed by atoms with Crippen molar-refractivity contribution in [1.29, 1.82) is 0 Å². The van der Waals surface area contributed by atoms with Crippen molar-refractivity contribution in [2.24, 2.45) is 0 Å². The highest BCUT2D eigenvalue weighted by atomic mass is 32.2. The second-order valence-corrected chi connectivity index (χ2v) is 7.43. The summed E-state index contributed by atoms with van der Waals surface area (Å²) in [4.78, 5) is 17.0. The maximum Gasteiger partial charge on any atom is 0.341 e. The second-order valence-electron chi connectivity index (χ2n) is 6.46. The lowest BCUT2D eigenvalue weighted by Gasteiger charge is -2.15. The zero-order valence-electron chi connectivity index (χ0n) is 14.9. The Morgan fingerprint density at radius 1 is 1.36 bits per heavy atom. The number of aryl methyl sites for hydroxylation is 1. The number of aromatic nitrogens is 2. The lowest BCUT2D eigenvalue weighted by molar-refractivity contribution is 0.0295. The van der Waals surface area contributed by atoms with Gasteiger partial charge in [0.05, 0.1) is 11.3 Å². The van der Waals surface area contributed by atoms with Crippen molar-refractivity contribution in [3.8, 4) is 0 Å². The smallest absolute Gasteiger partial charge is 0.341 e. The number of thioether (sulfide) groups is 1. The number of carbonyl (C=O) groups excluding carboxylic acids is 1. The fourth-order valence-corrected chi connectivity index (χ4v) is 4.07. The zero-order valence-corrected chi connectivity index (χ0v) is 15.8. The molecule has 0 bridgehead atoms. The van der Waals surface area contributed by atoms with E-state index in [-0.39, 0.29) is 0 Å². The fourth-order valence-electron chi connectivity index (χ4n) is 3.21. The Bertz CT molecular complexity index is 1040. The van der Waals surface area contributed by atoms with Crippen LogP contribution in [0.25, 0.3) is 0 Å². The van der Waals surface area contributed by atoms with Crippen molar-refractivity contribution in [3.05, 3.63) is 76.3 Å². The Morgan fingerprint density at radius 2 is 2.21 bits per heavy atom. The number of nitrogens with zero attached hydrogens (tertiary/aromatic N) is 2. The first-order valence-corrected chi connectivity index (χ1v) is 9.68. The van der Waals surface area contributed by atoms with Gasteiger partial charge in [-0.25, -0.2) is 18.6 Å². The number of benzene rings is 1. The molecule has 28 heavy (non-hydrogen) atoms. The number of carbonyl (C=O) groups is 1. The highest BCUT2D eigenvalue weighted by molar-refractivity contribution is 7.98. The third-order valence-electron chi connectivity index (χ3n) is 4.47. The Morgan fingerprint density at radius 3 is 3.00 bits per heavy atom. The Labute approximate surface area is 164 Å². The van der Waals surface area contributed by atoms with Gasteiger partial charge in [-0.3, -0.25) is 0 Å². The molecule has 8 heteroatoms. The molecule has 1 atom stereocenters. The SMILES string of the molecule is Cc1cc(CSc2ncccc2C(=O)O[C@@H]2CCc3c(F)cc(F)cc32)no1. The van der Waals surface area contributed by atoms with Crippen LogP contribution in [0.5, 0.6) is 0 Å². The van der Waals surface area contributed by atoms with Crippen LogP contribution in [0.4, 0.5) is 8.78 Å². The summed E-state index contributed by atoms with van der Waals surface area (Å²) >= 11 is 1.34. The van der Waals surface area contributed by atoms with Crippen molar-refractivity contribution >= 4 is 17.7 Å². The van der Waals surface area contributed by atoms with Crippen LogP contribution >= 0.6 is 11.8 Å². The van der Waals surface area contributed by atoms with Gasteiger partial charge in [0, 0.05) is 29.6 Å². The first-order valence-electron chi connectivity index (χ1n) is 8.70. The number of esters is 1. The molecule has 1 aliphatic rings. The van der Waals surface area contributed by atoms with Crippen LogP contribution in [0.1, 0.15) is 45.5 Å². The van der Waals surface area contributed by atoms with Crippen LogP contribution in [0, 0.1) is 18.6 Å². The third-order valence-corrected chi connectivity index (χ3v) is 5.51. The minimum absolute atomic E-state index is 0.304. The largest absolute Gasteiger partial charge is 0.454 e. The molecule has 0 spiro atoms. The van der Waals surface area contributed by atoms with Crippen molar-refractivity contribution in [1.82, 2.24) is 10.1 Å². The third kappa shape index (κ3) is 3.77. The lowest BCUT2D eigenvalue weighted by atomic mass is 10.1. The topological polar surface area (TPSA) is 65.2 Å². The van der Waals surface area contributed by atoms with Gasteiger partial charge in [0.25, 0.3) is 0 Å². The van der Waals surface area contributed by atoms with Crippen LogP contribution in [-0.2, 0) is 16.9 Å². The summed E-state index contributed by atoms with van der Waals surface area (Å²) in [6.07, 6.45) is 1.73. The minimum Gasteiger partial charge on any atom is -0.454 e. The number of fused-ring (bicyclic) bond motifs is 1. The summed E-state index contributed by atoms with van der Waals surface area (Å²) in [7, 11) is 0.